The van der Waals surface area contributed by atoms with E-state index >= 15 is 14.4 Å². The molecule has 0 saturated heterocycles. The Kier molecular flexibility index (Phi) is 14.4. The number of hydrogen-bond donors (Lipinski definition) is 0. The van der Waals surface area contributed by atoms with Crippen molar-refractivity contribution < 1.29 is 42.1 Å². The summed E-state index contributed by atoms with van der Waals surface area (Å²) in [6.45, 7) is 5.95. The van der Waals surface area contributed by atoms with E-state index in [9.17, 15) is 0 Å². The number of allylic oxidation sites excluding steroid dienone is 4. The molecule has 0 heterocycles. The van der Waals surface area contributed by atoms with Gasteiger partial charge in [0.05, 0.1) is 0 Å². The van der Waals surface area contributed by atoms with Gasteiger partial charge < -0.3 is 0 Å². The van der Waals surface area contributed by atoms with E-state index in [1.165, 1.54) is 0 Å². The van der Waals surface area contributed by atoms with Gasteiger partial charge in [-0.05, 0) is 0 Å². The van der Waals surface area contributed by atoms with E-state index < -0.39 is 51.9 Å². The Morgan fingerprint density at radius 3 is 0.613 bits per heavy atom. The van der Waals surface area contributed by atoms with Crippen LogP contribution in [0.15, 0.2) is 294 Å². The summed E-state index contributed by atoms with van der Waals surface area (Å²) >= 11 is -6.32. The average Bonchev–Trinajstić information content (AvgIpc) is 3.73. The van der Waals surface area contributed by atoms with Gasteiger partial charge in [0, 0.05) is 0 Å². The van der Waals surface area contributed by atoms with Crippen LogP contribution in [0.2, 0.25) is 0 Å². The molecule has 7 heteroatoms. The Morgan fingerprint density at radius 1 is 0.293 bits per heavy atom. The van der Waals surface area contributed by atoms with E-state index in [0.29, 0.717) is 53.9 Å². The van der Waals surface area contributed by atoms with Gasteiger partial charge in [-0.25, -0.2) is 0 Å². The molecule has 0 radical (unpaired) electrons. The van der Waals surface area contributed by atoms with Crippen molar-refractivity contribution in [3.63, 3.8) is 0 Å². The van der Waals surface area contributed by atoms with E-state index in [0.717, 1.165) is 16.7 Å². The molecule has 0 aliphatic heterocycles. The fraction of sp³-hybridized carbons (Fsp3) is 0.103. The molecule has 75 heavy (non-hydrogen) atoms. The molecule has 6 nitrogen and oxygen atoms in total. The topological polar surface area (TPSA) is 78.9 Å². The van der Waals surface area contributed by atoms with Crippen LogP contribution < -0.4 is 0 Å². The normalized spacial score (nSPS) is 13.0. The predicted molar refractivity (Wildman–Crippen MR) is 292 cm³/mol. The first-order valence-electron chi connectivity index (χ1n) is 25.2. The second-order valence-corrected chi connectivity index (χ2v) is 22.6. The van der Waals surface area contributed by atoms with Gasteiger partial charge in [-0.3, -0.25) is 0 Å². The van der Waals surface area contributed by atoms with Gasteiger partial charge in [-0.1, -0.05) is 0 Å². The monoisotopic (exact) mass is 1020 g/mol. The zero-order chi connectivity index (χ0) is 51.9. The second-order valence-electron chi connectivity index (χ2n) is 19.0. The first-order chi connectivity index (χ1) is 36.7. The first kappa shape index (κ1) is 50.1. The molecule has 0 N–H and O–H groups in total. The molecule has 0 fully saturated rings. The molecule has 0 saturated carbocycles. The average molecular weight is 1020 g/mol. The minimum atomic E-state index is -6.32. The third-order valence-corrected chi connectivity index (χ3v) is 19.1. The molecule has 1 aliphatic rings. The second kappa shape index (κ2) is 21.6. The number of benzene rings is 9. The predicted octanol–water partition coefficient (Wildman–Crippen LogP) is 14.6. The van der Waals surface area contributed by atoms with Crippen molar-refractivity contribution in [1.29, 1.82) is 0 Å². The van der Waals surface area contributed by atoms with Crippen molar-refractivity contribution in [2.45, 2.75) is 43.4 Å². The molecule has 9 aromatic carbocycles. The van der Waals surface area contributed by atoms with Crippen LogP contribution in [-0.4, -0.2) is 17.9 Å². The Balaban J connectivity index is 1.31. The van der Waals surface area contributed by atoms with Gasteiger partial charge in [0.1, 0.15) is 0 Å². The van der Waals surface area contributed by atoms with Gasteiger partial charge in [-0.15, -0.1) is 0 Å². The first-order valence-corrected chi connectivity index (χ1v) is 27.9. The quantitative estimate of drug-likeness (QED) is 0.0709. The fourth-order valence-electron chi connectivity index (χ4n) is 11.0. The molecule has 0 amide bonds. The van der Waals surface area contributed by atoms with Crippen LogP contribution in [0, 0.1) is 0 Å². The molecule has 0 unspecified atom stereocenters. The van der Waals surface area contributed by atoms with E-state index in [4.69, 9.17) is 9.96 Å². The van der Waals surface area contributed by atoms with Gasteiger partial charge >= 0.3 is 447 Å². The van der Waals surface area contributed by atoms with E-state index in [2.05, 4.69) is 0 Å². The summed E-state index contributed by atoms with van der Waals surface area (Å²) in [7, 11) is 0. The van der Waals surface area contributed by atoms with Crippen molar-refractivity contribution in [2.75, 3.05) is 0 Å². The van der Waals surface area contributed by atoms with Crippen LogP contribution in [0.25, 0.3) is 0 Å². The molecule has 0 spiro atoms. The van der Waals surface area contributed by atoms with Crippen LogP contribution in [-0.2, 0) is 58.3 Å². The Morgan fingerprint density at radius 2 is 0.467 bits per heavy atom. The van der Waals surface area contributed by atoms with Gasteiger partial charge in [-0.2, -0.15) is 0 Å². The summed E-state index contributed by atoms with van der Waals surface area (Å²) in [5.41, 5.74) is 2.95. The van der Waals surface area contributed by atoms with Crippen molar-refractivity contribution in [3.8, 4) is 0 Å². The molecule has 368 valence electrons. The molecule has 0 bridgehead atoms. The van der Waals surface area contributed by atoms with Crippen molar-refractivity contribution in [2.24, 2.45) is 0 Å². The van der Waals surface area contributed by atoms with Crippen molar-refractivity contribution >= 4 is 17.9 Å². The summed E-state index contributed by atoms with van der Waals surface area (Å²) in [4.78, 5) is 51.0. The minimum absolute atomic E-state index is 0.213. The van der Waals surface area contributed by atoms with Gasteiger partial charge in [0.25, 0.3) is 0 Å². The van der Waals surface area contributed by atoms with Crippen LogP contribution in [0.1, 0.15) is 77.3 Å². The summed E-state index contributed by atoms with van der Waals surface area (Å²) in [6.07, 6.45) is 0.213. The molecular weight excluding hydrogens is 961 g/mol. The molecule has 9 aromatic rings. The number of rotatable bonds is 16. The third kappa shape index (κ3) is 8.90. The van der Waals surface area contributed by atoms with Crippen LogP contribution in [0.4, 0.5) is 0 Å². The van der Waals surface area contributed by atoms with Crippen molar-refractivity contribution in [1.82, 2.24) is 0 Å². The molecular formula is C68H56O6Ti. The maximum atomic E-state index is 17.0. The zero-order valence-corrected chi connectivity index (χ0v) is 43.7. The number of carbonyl (C=O) groups is 3. The number of hydrogen-bond acceptors (Lipinski definition) is 6. The molecule has 0 aromatic heterocycles. The Bertz CT molecular complexity index is 2850. The van der Waals surface area contributed by atoms with E-state index in [1.807, 2.05) is 294 Å². The van der Waals surface area contributed by atoms with Gasteiger partial charge in [0.15, 0.2) is 0 Å². The summed E-state index contributed by atoms with van der Waals surface area (Å²) in [6, 6.07) is 85.4. The fourth-order valence-corrected chi connectivity index (χ4v) is 15.4. The Hall–Kier alpha value is -8.42. The third-order valence-electron chi connectivity index (χ3n) is 14.9. The van der Waals surface area contributed by atoms with Crippen LogP contribution >= 0.6 is 0 Å². The molecule has 10 rings (SSSR count). The number of carbonyl (C=O) groups excluding carboxylic acids is 3. The molecule has 1 aliphatic carbocycles. The summed E-state index contributed by atoms with van der Waals surface area (Å²) in [5, 5.41) is 0. The van der Waals surface area contributed by atoms with E-state index in [-0.39, 0.29) is 6.42 Å². The Labute approximate surface area is 444 Å². The van der Waals surface area contributed by atoms with Crippen LogP contribution in [0.5, 0.6) is 0 Å². The SMILES string of the molecule is CC1=C(C)C(C)=[C]([Ti]([O]C(=O)C(c2ccccc2)(c2ccccc2)c2ccccc2)([O]C(=O)C(c2ccccc2)(c2ccccc2)c2ccccc2)[O]C(=O)C(c2ccccc2)(c2ccccc2)c2ccccc2)C1. The standard InChI is InChI=1S/3C20H16O2.C8H11.Ti/c3*21-19(22)20(16-10-4-1-5-11-16,17-12-6-2-7-13-17)18-14-8-3-9-15-18;1-6-4-5-7(2)8(6)3;/h3*1-15H,(H,21,22);4H2,1-3H3;/q;;;;+3/p-3. The van der Waals surface area contributed by atoms with E-state index in [1.54, 1.807) is 0 Å². The van der Waals surface area contributed by atoms with Gasteiger partial charge in [0.2, 0.25) is 0 Å². The summed E-state index contributed by atoms with van der Waals surface area (Å²) < 4.78 is 23.1. The van der Waals surface area contributed by atoms with Crippen molar-refractivity contribution in [3.05, 3.63) is 344 Å². The summed E-state index contributed by atoms with van der Waals surface area (Å²) in [5.74, 6) is -2.32. The molecule has 0 atom stereocenters. The van der Waals surface area contributed by atoms with Crippen LogP contribution in [0.3, 0.4) is 0 Å². The maximum absolute atomic E-state index is 17.0. The zero-order valence-electron chi connectivity index (χ0n) is 42.1.